The van der Waals surface area contributed by atoms with Gasteiger partial charge in [-0.25, -0.2) is 0 Å². The molecule has 10 nitrogen and oxygen atoms in total. The number of carbonyl (C=O) groups is 2. The quantitative estimate of drug-likeness (QED) is 0.422. The molecular formula is C18H17N5O5S. The second-order valence-corrected chi connectivity index (χ2v) is 7.44. The lowest BCUT2D eigenvalue weighted by molar-refractivity contribution is -0.402. The number of hydrogen-bond donors (Lipinski definition) is 2. The Morgan fingerprint density at radius 2 is 2.17 bits per heavy atom. The van der Waals surface area contributed by atoms with Crippen LogP contribution in [-0.4, -0.2) is 33.4 Å². The van der Waals surface area contributed by atoms with Gasteiger partial charge in [-0.3, -0.25) is 19.7 Å². The van der Waals surface area contributed by atoms with Crippen molar-refractivity contribution in [1.82, 2.24) is 5.32 Å². The Morgan fingerprint density at radius 1 is 1.38 bits per heavy atom. The summed E-state index contributed by atoms with van der Waals surface area (Å²) in [5, 5.41) is 23.1. The van der Waals surface area contributed by atoms with Crippen molar-refractivity contribution in [1.29, 1.82) is 0 Å². The van der Waals surface area contributed by atoms with Gasteiger partial charge in [-0.1, -0.05) is 29.5 Å². The fraction of sp³-hybridized carbons (Fsp3) is 0.222. The maximum atomic E-state index is 12.3. The van der Waals surface area contributed by atoms with E-state index < -0.39 is 16.1 Å². The number of nitrogens with zero attached hydrogens (tertiary/aromatic N) is 3. The first kappa shape index (κ1) is 20.3. The molecule has 2 aromatic rings. The molecule has 2 amide bonds. The zero-order valence-corrected chi connectivity index (χ0v) is 16.4. The van der Waals surface area contributed by atoms with Crippen molar-refractivity contribution in [3.63, 3.8) is 0 Å². The Kier molecular flexibility index (Phi) is 6.07. The van der Waals surface area contributed by atoms with Gasteiger partial charge in [-0.05, 0) is 31.5 Å². The van der Waals surface area contributed by atoms with Gasteiger partial charge >= 0.3 is 5.88 Å². The summed E-state index contributed by atoms with van der Waals surface area (Å²) in [6, 6.07) is 8.26. The van der Waals surface area contributed by atoms with Gasteiger partial charge in [-0.2, -0.15) is 5.10 Å². The van der Waals surface area contributed by atoms with Crippen molar-refractivity contribution in [3.05, 3.63) is 57.3 Å². The molecule has 3 rings (SSSR count). The molecule has 1 aliphatic rings. The van der Waals surface area contributed by atoms with E-state index in [1.807, 2.05) is 32.0 Å². The molecule has 1 unspecified atom stereocenters. The van der Waals surface area contributed by atoms with Crippen LogP contribution in [0.1, 0.15) is 23.3 Å². The monoisotopic (exact) mass is 415 g/mol. The van der Waals surface area contributed by atoms with Gasteiger partial charge in [0.25, 0.3) is 0 Å². The largest absolute Gasteiger partial charge is 0.433 e. The standard InChI is InChI=1S/C18H17N5O5S/c1-10-3-5-13(11(2)7-10)20-15(24)8-14-17(25)21-18(29-14)22-19-9-12-4-6-16(28-12)23(26)27/h3-7,9,14H,8H2,1-2H3,(H,20,24)(H,21,22,25)/b19-9+. The molecule has 2 N–H and O–H groups in total. The summed E-state index contributed by atoms with van der Waals surface area (Å²) in [6.07, 6.45) is 1.17. The van der Waals surface area contributed by atoms with Gasteiger partial charge in [0.05, 0.1) is 12.3 Å². The van der Waals surface area contributed by atoms with E-state index in [1.54, 1.807) is 0 Å². The topological polar surface area (TPSA) is 139 Å². The van der Waals surface area contributed by atoms with Gasteiger partial charge < -0.3 is 15.1 Å². The maximum absolute atomic E-state index is 12.3. The van der Waals surface area contributed by atoms with E-state index >= 15 is 0 Å². The molecular weight excluding hydrogens is 398 g/mol. The predicted molar refractivity (Wildman–Crippen MR) is 109 cm³/mol. The van der Waals surface area contributed by atoms with Crippen molar-refractivity contribution in [2.75, 3.05) is 5.32 Å². The van der Waals surface area contributed by atoms with Crippen LogP contribution in [0.4, 0.5) is 11.6 Å². The van der Waals surface area contributed by atoms with Crippen LogP contribution < -0.4 is 10.6 Å². The van der Waals surface area contributed by atoms with Crippen molar-refractivity contribution < 1.29 is 18.9 Å². The molecule has 0 radical (unpaired) electrons. The number of amidine groups is 1. The number of nitrogens with one attached hydrogen (secondary N) is 2. The minimum absolute atomic E-state index is 0.0169. The molecule has 2 heterocycles. The van der Waals surface area contributed by atoms with Crippen molar-refractivity contribution in [2.24, 2.45) is 10.2 Å². The van der Waals surface area contributed by atoms with E-state index in [4.69, 9.17) is 4.42 Å². The highest BCUT2D eigenvalue weighted by atomic mass is 32.2. The maximum Gasteiger partial charge on any atom is 0.433 e. The van der Waals surface area contributed by atoms with E-state index in [0.29, 0.717) is 5.69 Å². The number of thioether (sulfide) groups is 1. The number of rotatable bonds is 6. The summed E-state index contributed by atoms with van der Waals surface area (Å²) in [6.45, 7) is 3.87. The van der Waals surface area contributed by atoms with Gasteiger partial charge in [-0.15, -0.1) is 5.10 Å². The number of carbonyl (C=O) groups excluding carboxylic acids is 2. The molecule has 0 saturated carbocycles. The molecule has 29 heavy (non-hydrogen) atoms. The summed E-state index contributed by atoms with van der Waals surface area (Å²) in [7, 11) is 0. The van der Waals surface area contributed by atoms with Crippen LogP contribution in [0.3, 0.4) is 0 Å². The zero-order valence-electron chi connectivity index (χ0n) is 15.5. The van der Waals surface area contributed by atoms with Gasteiger partial charge in [0.1, 0.15) is 10.2 Å². The van der Waals surface area contributed by atoms with Crippen LogP contribution >= 0.6 is 11.8 Å². The van der Waals surface area contributed by atoms with E-state index in [2.05, 4.69) is 20.8 Å². The molecule has 0 spiro atoms. The SMILES string of the molecule is Cc1ccc(NC(=O)CC2S/C(=N\N=C\c3ccc([N+](=O)[O-])o3)NC2=O)c(C)c1. The van der Waals surface area contributed by atoms with E-state index in [1.165, 1.54) is 18.3 Å². The van der Waals surface area contributed by atoms with Gasteiger partial charge in [0.2, 0.25) is 11.8 Å². The Hall–Kier alpha value is -3.47. The minimum Gasteiger partial charge on any atom is -0.400 e. The third-order valence-corrected chi connectivity index (χ3v) is 5.00. The second-order valence-electron chi connectivity index (χ2n) is 6.25. The number of anilines is 1. The molecule has 1 saturated heterocycles. The first-order valence-electron chi connectivity index (χ1n) is 8.51. The predicted octanol–water partition coefficient (Wildman–Crippen LogP) is 2.75. The molecule has 11 heteroatoms. The highest BCUT2D eigenvalue weighted by molar-refractivity contribution is 8.15. The van der Waals surface area contributed by atoms with E-state index in [-0.39, 0.29) is 29.2 Å². The average molecular weight is 415 g/mol. The Balaban J connectivity index is 1.56. The van der Waals surface area contributed by atoms with Crippen LogP contribution in [-0.2, 0) is 9.59 Å². The zero-order chi connectivity index (χ0) is 21.0. The molecule has 1 aromatic carbocycles. The summed E-state index contributed by atoms with van der Waals surface area (Å²) >= 11 is 1.09. The second kappa shape index (κ2) is 8.69. The number of hydrogen-bond acceptors (Lipinski definition) is 8. The van der Waals surface area contributed by atoms with Crippen molar-refractivity contribution >= 4 is 46.5 Å². The fourth-order valence-corrected chi connectivity index (χ4v) is 3.48. The lowest BCUT2D eigenvalue weighted by atomic mass is 10.1. The van der Waals surface area contributed by atoms with Crippen LogP contribution in [0.25, 0.3) is 0 Å². The smallest absolute Gasteiger partial charge is 0.400 e. The fourth-order valence-electron chi connectivity index (χ4n) is 2.56. The number of furan rings is 1. The van der Waals surface area contributed by atoms with E-state index in [0.717, 1.165) is 22.9 Å². The molecule has 0 bridgehead atoms. The Bertz CT molecular complexity index is 1030. The Labute approximate surface area is 169 Å². The van der Waals surface area contributed by atoms with Crippen LogP contribution in [0, 0.1) is 24.0 Å². The minimum atomic E-state index is -0.663. The van der Waals surface area contributed by atoms with E-state index in [9.17, 15) is 19.7 Å². The third-order valence-electron chi connectivity index (χ3n) is 3.93. The van der Waals surface area contributed by atoms with Crippen LogP contribution in [0.2, 0.25) is 0 Å². The third kappa shape index (κ3) is 5.29. The summed E-state index contributed by atoms with van der Waals surface area (Å²) in [5.74, 6) is -0.872. The number of nitro groups is 1. The molecule has 1 fully saturated rings. The Morgan fingerprint density at radius 3 is 2.86 bits per heavy atom. The first-order chi connectivity index (χ1) is 13.8. The number of benzene rings is 1. The molecule has 0 aliphatic carbocycles. The molecule has 150 valence electrons. The molecule has 1 aromatic heterocycles. The lowest BCUT2D eigenvalue weighted by Gasteiger charge is -2.10. The average Bonchev–Trinajstić information content (AvgIpc) is 3.25. The number of aryl methyl sites for hydroxylation is 2. The highest BCUT2D eigenvalue weighted by Gasteiger charge is 2.32. The van der Waals surface area contributed by atoms with Crippen LogP contribution in [0.5, 0.6) is 0 Å². The lowest BCUT2D eigenvalue weighted by Crippen LogP contribution is -2.28. The van der Waals surface area contributed by atoms with Crippen LogP contribution in [0.15, 0.2) is 45.0 Å². The summed E-state index contributed by atoms with van der Waals surface area (Å²) in [4.78, 5) is 34.2. The number of amides is 2. The van der Waals surface area contributed by atoms with Crippen molar-refractivity contribution in [2.45, 2.75) is 25.5 Å². The summed E-state index contributed by atoms with van der Waals surface area (Å²) < 4.78 is 4.91. The molecule has 1 aliphatic heterocycles. The van der Waals surface area contributed by atoms with Gasteiger partial charge in [0, 0.05) is 12.1 Å². The first-order valence-corrected chi connectivity index (χ1v) is 9.39. The summed E-state index contributed by atoms with van der Waals surface area (Å²) in [5.41, 5.74) is 2.74. The molecule has 1 atom stereocenters. The van der Waals surface area contributed by atoms with Crippen molar-refractivity contribution in [3.8, 4) is 0 Å². The van der Waals surface area contributed by atoms with Gasteiger partial charge in [0.15, 0.2) is 10.9 Å². The normalized spacial score (nSPS) is 17.7. The highest BCUT2D eigenvalue weighted by Crippen LogP contribution is 2.24.